The molecule has 0 aliphatic carbocycles. The van der Waals surface area contributed by atoms with Gasteiger partial charge in [-0.1, -0.05) is 6.07 Å². The van der Waals surface area contributed by atoms with Crippen molar-refractivity contribution in [3.8, 4) is 11.5 Å². The normalized spacial score (nSPS) is 11.1. The van der Waals surface area contributed by atoms with Crippen molar-refractivity contribution in [1.29, 1.82) is 0 Å². The van der Waals surface area contributed by atoms with Crippen LogP contribution in [0.15, 0.2) is 18.2 Å². The molecular formula is C13H20F2N2O2. The first-order valence-electron chi connectivity index (χ1n) is 6.02. The Morgan fingerprint density at radius 1 is 1.21 bits per heavy atom. The summed E-state index contributed by atoms with van der Waals surface area (Å²) in [5.41, 5.74) is 6.31. The van der Waals surface area contributed by atoms with Crippen molar-refractivity contribution in [3.63, 3.8) is 0 Å². The van der Waals surface area contributed by atoms with Crippen LogP contribution in [0.1, 0.15) is 5.56 Å². The van der Waals surface area contributed by atoms with Gasteiger partial charge in [0.1, 0.15) is 0 Å². The van der Waals surface area contributed by atoms with Gasteiger partial charge in [0.05, 0.1) is 20.8 Å². The van der Waals surface area contributed by atoms with Crippen molar-refractivity contribution in [2.45, 2.75) is 13.0 Å². The van der Waals surface area contributed by atoms with Gasteiger partial charge in [-0.15, -0.1) is 0 Å². The second-order valence-electron chi connectivity index (χ2n) is 4.10. The predicted molar refractivity (Wildman–Crippen MR) is 69.9 cm³/mol. The predicted octanol–water partition coefficient (Wildman–Crippen LogP) is 1.73. The third-order valence-corrected chi connectivity index (χ3v) is 2.70. The molecule has 1 aromatic rings. The Balaban J connectivity index is 2.78. The Kier molecular flexibility index (Phi) is 6.52. The van der Waals surface area contributed by atoms with Crippen LogP contribution in [0, 0.1) is 0 Å². The van der Waals surface area contributed by atoms with Crippen molar-refractivity contribution in [2.24, 2.45) is 5.73 Å². The summed E-state index contributed by atoms with van der Waals surface area (Å²) in [7, 11) is 3.09. The van der Waals surface area contributed by atoms with Crippen molar-refractivity contribution in [1.82, 2.24) is 4.90 Å². The molecule has 19 heavy (non-hydrogen) atoms. The van der Waals surface area contributed by atoms with E-state index in [1.807, 2.05) is 6.07 Å². The minimum absolute atomic E-state index is 0.286. The summed E-state index contributed by atoms with van der Waals surface area (Å²) in [4.78, 5) is 1.62. The van der Waals surface area contributed by atoms with Gasteiger partial charge in [-0.2, -0.15) is 0 Å². The average molecular weight is 274 g/mol. The number of hydrogen-bond acceptors (Lipinski definition) is 4. The van der Waals surface area contributed by atoms with Gasteiger partial charge in [-0.3, -0.25) is 4.90 Å². The number of nitrogens with two attached hydrogens (primary N) is 1. The molecule has 0 spiro atoms. The molecule has 0 saturated heterocycles. The fourth-order valence-corrected chi connectivity index (χ4v) is 1.85. The highest BCUT2D eigenvalue weighted by molar-refractivity contribution is 5.42. The van der Waals surface area contributed by atoms with Gasteiger partial charge in [0, 0.05) is 19.6 Å². The quantitative estimate of drug-likeness (QED) is 0.784. The molecule has 0 atom stereocenters. The van der Waals surface area contributed by atoms with E-state index in [1.54, 1.807) is 31.3 Å². The minimum atomic E-state index is -2.37. The third-order valence-electron chi connectivity index (χ3n) is 2.70. The highest BCUT2D eigenvalue weighted by Crippen LogP contribution is 2.28. The number of rotatable bonds is 8. The summed E-state index contributed by atoms with van der Waals surface area (Å²) in [6, 6.07) is 5.38. The van der Waals surface area contributed by atoms with Crippen LogP contribution in [0.4, 0.5) is 8.78 Å². The van der Waals surface area contributed by atoms with Gasteiger partial charge in [0.15, 0.2) is 11.5 Å². The molecule has 0 fully saturated rings. The summed E-state index contributed by atoms with van der Waals surface area (Å²) in [5, 5.41) is 0. The van der Waals surface area contributed by atoms with Crippen LogP contribution >= 0.6 is 0 Å². The first kappa shape index (κ1) is 15.7. The van der Waals surface area contributed by atoms with E-state index in [-0.39, 0.29) is 6.54 Å². The Morgan fingerprint density at radius 2 is 1.89 bits per heavy atom. The second kappa shape index (κ2) is 7.91. The zero-order valence-corrected chi connectivity index (χ0v) is 11.2. The highest BCUT2D eigenvalue weighted by atomic mass is 19.3. The highest BCUT2D eigenvalue weighted by Gasteiger charge is 2.13. The Hall–Kier alpha value is -1.40. The van der Waals surface area contributed by atoms with E-state index in [2.05, 4.69) is 0 Å². The van der Waals surface area contributed by atoms with E-state index in [1.165, 1.54) is 0 Å². The molecule has 0 aromatic heterocycles. The molecule has 0 heterocycles. The maximum absolute atomic E-state index is 12.4. The molecule has 1 rings (SSSR count). The van der Waals surface area contributed by atoms with E-state index in [0.717, 1.165) is 5.56 Å². The maximum Gasteiger partial charge on any atom is 0.251 e. The Morgan fingerprint density at radius 3 is 2.42 bits per heavy atom. The van der Waals surface area contributed by atoms with E-state index in [0.29, 0.717) is 31.1 Å². The topological polar surface area (TPSA) is 47.7 Å². The molecule has 4 nitrogen and oxygen atoms in total. The number of nitrogens with zero attached hydrogens (tertiary/aromatic N) is 1. The molecule has 0 radical (unpaired) electrons. The lowest BCUT2D eigenvalue weighted by molar-refractivity contribution is 0.0862. The first-order chi connectivity index (χ1) is 9.10. The van der Waals surface area contributed by atoms with E-state index < -0.39 is 6.43 Å². The van der Waals surface area contributed by atoms with Crippen molar-refractivity contribution in [3.05, 3.63) is 23.8 Å². The van der Waals surface area contributed by atoms with Crippen molar-refractivity contribution < 1.29 is 18.3 Å². The largest absolute Gasteiger partial charge is 0.493 e. The fourth-order valence-electron chi connectivity index (χ4n) is 1.85. The van der Waals surface area contributed by atoms with E-state index >= 15 is 0 Å². The monoisotopic (exact) mass is 274 g/mol. The molecular weight excluding hydrogens is 254 g/mol. The fraction of sp³-hybridized carbons (Fsp3) is 0.538. The molecule has 108 valence electrons. The van der Waals surface area contributed by atoms with Crippen LogP contribution in [0.5, 0.6) is 11.5 Å². The lowest BCUT2D eigenvalue weighted by Crippen LogP contribution is -2.33. The molecule has 0 unspecified atom stereocenters. The van der Waals surface area contributed by atoms with Crippen LogP contribution in [-0.2, 0) is 6.54 Å². The number of ether oxygens (including phenoxy) is 2. The van der Waals surface area contributed by atoms with Gasteiger partial charge in [0.25, 0.3) is 6.43 Å². The van der Waals surface area contributed by atoms with Crippen LogP contribution in [0.2, 0.25) is 0 Å². The van der Waals surface area contributed by atoms with Crippen LogP contribution in [-0.4, -0.2) is 45.2 Å². The number of alkyl halides is 2. The van der Waals surface area contributed by atoms with Crippen molar-refractivity contribution in [2.75, 3.05) is 33.9 Å². The van der Waals surface area contributed by atoms with Gasteiger partial charge in [-0.25, -0.2) is 8.78 Å². The third kappa shape index (κ3) is 5.00. The Bertz CT molecular complexity index is 389. The molecule has 0 aliphatic rings. The second-order valence-corrected chi connectivity index (χ2v) is 4.10. The molecule has 6 heteroatoms. The van der Waals surface area contributed by atoms with Gasteiger partial charge < -0.3 is 15.2 Å². The zero-order chi connectivity index (χ0) is 14.3. The van der Waals surface area contributed by atoms with Gasteiger partial charge in [-0.05, 0) is 17.7 Å². The average Bonchev–Trinajstić information content (AvgIpc) is 2.38. The smallest absolute Gasteiger partial charge is 0.251 e. The SMILES string of the molecule is COc1ccc(CN(CCN)CC(F)F)cc1OC. The Labute approximate surface area is 112 Å². The standard InChI is InChI=1S/C13H20F2N2O2/c1-18-11-4-3-10(7-12(11)19-2)8-17(6-5-16)9-13(14)15/h3-4,7,13H,5-6,8-9,16H2,1-2H3. The van der Waals surface area contributed by atoms with E-state index in [4.69, 9.17) is 15.2 Å². The molecule has 2 N–H and O–H groups in total. The van der Waals surface area contributed by atoms with Crippen LogP contribution in [0.3, 0.4) is 0 Å². The summed E-state index contributed by atoms with van der Waals surface area (Å²) < 4.78 is 35.2. The first-order valence-corrected chi connectivity index (χ1v) is 6.02. The van der Waals surface area contributed by atoms with Crippen molar-refractivity contribution >= 4 is 0 Å². The van der Waals surface area contributed by atoms with Gasteiger partial charge >= 0.3 is 0 Å². The summed E-state index contributed by atoms with van der Waals surface area (Å²) in [6.07, 6.45) is -2.37. The lowest BCUT2D eigenvalue weighted by atomic mass is 10.2. The van der Waals surface area contributed by atoms with Gasteiger partial charge in [0.2, 0.25) is 0 Å². The van der Waals surface area contributed by atoms with Crippen LogP contribution < -0.4 is 15.2 Å². The molecule has 0 aliphatic heterocycles. The summed E-state index contributed by atoms with van der Waals surface area (Å²) in [5.74, 6) is 1.20. The molecule has 0 bridgehead atoms. The zero-order valence-electron chi connectivity index (χ0n) is 11.2. The van der Waals surface area contributed by atoms with Crippen LogP contribution in [0.25, 0.3) is 0 Å². The molecule has 0 saturated carbocycles. The molecule has 0 amide bonds. The summed E-state index contributed by atoms with van der Waals surface area (Å²) in [6.45, 7) is 0.895. The summed E-state index contributed by atoms with van der Waals surface area (Å²) >= 11 is 0. The maximum atomic E-state index is 12.4. The molecule has 1 aromatic carbocycles. The number of halogens is 2. The van der Waals surface area contributed by atoms with E-state index in [9.17, 15) is 8.78 Å². The minimum Gasteiger partial charge on any atom is -0.493 e. The number of hydrogen-bond donors (Lipinski definition) is 1. The number of methoxy groups -OCH3 is 2. The number of benzene rings is 1. The lowest BCUT2D eigenvalue weighted by Gasteiger charge is -2.21.